The van der Waals surface area contributed by atoms with Gasteiger partial charge in [-0.2, -0.15) is 0 Å². The number of hydrogen-bond donors (Lipinski definition) is 1. The van der Waals surface area contributed by atoms with Gasteiger partial charge in [-0.05, 0) is 44.5 Å². The van der Waals surface area contributed by atoms with E-state index in [2.05, 4.69) is 35.1 Å². The topological polar surface area (TPSA) is 88.9 Å². The molecule has 1 N–H and O–H groups in total. The lowest BCUT2D eigenvalue weighted by Crippen LogP contribution is -2.42. The van der Waals surface area contributed by atoms with Crippen molar-refractivity contribution in [3.63, 3.8) is 0 Å². The molecule has 174 valence electrons. The minimum Gasteiger partial charge on any atom is -0.378 e. The number of nitrogens with zero attached hydrogens (tertiary/aromatic N) is 4. The first-order valence-corrected chi connectivity index (χ1v) is 11.0. The molecule has 9 nitrogen and oxygen atoms in total. The van der Waals surface area contributed by atoms with E-state index in [0.717, 1.165) is 30.0 Å². The SMILES string of the molecule is CCN(CC)c1ccc(NC(=O)Cn2c(N3CCOCC3)nc(COC)cc2=O)c(C)c1. The summed E-state index contributed by atoms with van der Waals surface area (Å²) in [6, 6.07) is 7.40. The van der Waals surface area contributed by atoms with Crippen LogP contribution < -0.4 is 20.7 Å². The van der Waals surface area contributed by atoms with Gasteiger partial charge in [0, 0.05) is 50.7 Å². The summed E-state index contributed by atoms with van der Waals surface area (Å²) in [4.78, 5) is 34.5. The van der Waals surface area contributed by atoms with Crippen LogP contribution in [0.15, 0.2) is 29.1 Å². The van der Waals surface area contributed by atoms with E-state index in [1.807, 2.05) is 24.0 Å². The fraction of sp³-hybridized carbons (Fsp3) is 0.522. The first kappa shape index (κ1) is 23.7. The molecule has 1 aliphatic heterocycles. The molecule has 0 atom stereocenters. The van der Waals surface area contributed by atoms with Crippen molar-refractivity contribution >= 4 is 23.2 Å². The molecule has 1 fully saturated rings. The van der Waals surface area contributed by atoms with Gasteiger partial charge >= 0.3 is 0 Å². The lowest BCUT2D eigenvalue weighted by Gasteiger charge is -2.29. The Hall–Kier alpha value is -2.91. The summed E-state index contributed by atoms with van der Waals surface area (Å²) in [5.74, 6) is 0.193. The third kappa shape index (κ3) is 5.66. The monoisotopic (exact) mass is 443 g/mol. The number of hydrogen-bond acceptors (Lipinski definition) is 7. The highest BCUT2D eigenvalue weighted by atomic mass is 16.5. The van der Waals surface area contributed by atoms with E-state index in [-0.39, 0.29) is 24.6 Å². The van der Waals surface area contributed by atoms with Gasteiger partial charge in [0.15, 0.2) is 0 Å². The molecular weight excluding hydrogens is 410 g/mol. The first-order valence-electron chi connectivity index (χ1n) is 11.0. The third-order valence-electron chi connectivity index (χ3n) is 5.54. The van der Waals surface area contributed by atoms with Crippen molar-refractivity contribution in [3.05, 3.63) is 45.9 Å². The Bertz CT molecular complexity index is 981. The zero-order valence-corrected chi connectivity index (χ0v) is 19.4. The highest BCUT2D eigenvalue weighted by molar-refractivity contribution is 5.91. The van der Waals surface area contributed by atoms with Crippen LogP contribution in [0.2, 0.25) is 0 Å². The number of aryl methyl sites for hydroxylation is 1. The highest BCUT2D eigenvalue weighted by Gasteiger charge is 2.20. The minimum atomic E-state index is -0.280. The van der Waals surface area contributed by atoms with Gasteiger partial charge in [-0.25, -0.2) is 4.98 Å². The summed E-state index contributed by atoms with van der Waals surface area (Å²) in [7, 11) is 1.56. The van der Waals surface area contributed by atoms with E-state index in [9.17, 15) is 9.59 Å². The average molecular weight is 444 g/mol. The van der Waals surface area contributed by atoms with Gasteiger partial charge in [-0.15, -0.1) is 0 Å². The molecule has 1 amide bonds. The molecule has 0 bridgehead atoms. The summed E-state index contributed by atoms with van der Waals surface area (Å²) in [6.07, 6.45) is 0. The van der Waals surface area contributed by atoms with E-state index in [4.69, 9.17) is 9.47 Å². The molecule has 1 aromatic carbocycles. The molecule has 2 aromatic rings. The summed E-state index contributed by atoms with van der Waals surface area (Å²) >= 11 is 0. The molecule has 2 heterocycles. The van der Waals surface area contributed by atoms with Gasteiger partial charge in [-0.3, -0.25) is 14.2 Å². The molecule has 0 unspecified atom stereocenters. The second-order valence-corrected chi connectivity index (χ2v) is 7.72. The smallest absolute Gasteiger partial charge is 0.255 e. The number of ether oxygens (including phenoxy) is 2. The van der Waals surface area contributed by atoms with E-state index in [1.165, 1.54) is 10.6 Å². The Kier molecular flexibility index (Phi) is 8.24. The lowest BCUT2D eigenvalue weighted by atomic mass is 10.1. The highest BCUT2D eigenvalue weighted by Crippen LogP contribution is 2.23. The maximum Gasteiger partial charge on any atom is 0.255 e. The zero-order valence-electron chi connectivity index (χ0n) is 19.4. The molecule has 0 spiro atoms. The Morgan fingerprint density at radius 3 is 2.56 bits per heavy atom. The number of benzene rings is 1. The number of amides is 1. The Balaban J connectivity index is 1.82. The number of carbonyl (C=O) groups is 1. The zero-order chi connectivity index (χ0) is 23.1. The summed E-state index contributed by atoms with van der Waals surface area (Å²) in [5, 5.41) is 2.95. The summed E-state index contributed by atoms with van der Waals surface area (Å²) in [5.41, 5.74) is 3.08. The molecule has 0 radical (unpaired) electrons. The Morgan fingerprint density at radius 2 is 1.94 bits per heavy atom. The number of carbonyl (C=O) groups excluding carboxylic acids is 1. The molecule has 1 saturated heterocycles. The van der Waals surface area contributed by atoms with Crippen LogP contribution in [0.4, 0.5) is 17.3 Å². The lowest BCUT2D eigenvalue weighted by molar-refractivity contribution is -0.116. The van der Waals surface area contributed by atoms with Crippen LogP contribution in [-0.4, -0.2) is 62.0 Å². The Labute approximate surface area is 188 Å². The van der Waals surface area contributed by atoms with Crippen molar-refractivity contribution in [3.8, 4) is 0 Å². The number of aromatic nitrogens is 2. The van der Waals surface area contributed by atoms with Gasteiger partial charge in [0.25, 0.3) is 5.56 Å². The maximum absolute atomic E-state index is 12.9. The van der Waals surface area contributed by atoms with Crippen molar-refractivity contribution in [2.75, 3.05) is 61.6 Å². The maximum atomic E-state index is 12.9. The van der Waals surface area contributed by atoms with Crippen LogP contribution in [0.25, 0.3) is 0 Å². The average Bonchev–Trinajstić information content (AvgIpc) is 2.79. The molecule has 9 heteroatoms. The second kappa shape index (κ2) is 11.1. The molecule has 1 aliphatic rings. The van der Waals surface area contributed by atoms with Gasteiger partial charge in [0.1, 0.15) is 6.54 Å². The van der Waals surface area contributed by atoms with E-state index >= 15 is 0 Å². The standard InChI is InChI=1S/C23H33N5O4/c1-5-26(6-2)19-7-8-20(17(3)13-19)25-21(29)15-28-22(30)14-18(16-31-4)24-23(28)27-9-11-32-12-10-27/h7-8,13-14H,5-6,9-12,15-16H2,1-4H3,(H,25,29). The van der Waals surface area contributed by atoms with Crippen LogP contribution in [0.3, 0.4) is 0 Å². The number of anilines is 3. The van der Waals surface area contributed by atoms with E-state index in [1.54, 1.807) is 7.11 Å². The van der Waals surface area contributed by atoms with Gasteiger partial charge in [0.05, 0.1) is 25.5 Å². The third-order valence-corrected chi connectivity index (χ3v) is 5.54. The number of rotatable bonds is 9. The van der Waals surface area contributed by atoms with E-state index in [0.29, 0.717) is 37.9 Å². The normalized spacial score (nSPS) is 13.8. The predicted molar refractivity (Wildman–Crippen MR) is 126 cm³/mol. The molecular formula is C23H33N5O4. The fourth-order valence-electron chi connectivity index (χ4n) is 3.82. The molecule has 0 aliphatic carbocycles. The molecule has 1 aromatic heterocycles. The molecule has 32 heavy (non-hydrogen) atoms. The van der Waals surface area contributed by atoms with Crippen LogP contribution in [0.1, 0.15) is 25.1 Å². The fourth-order valence-corrected chi connectivity index (χ4v) is 3.82. The van der Waals surface area contributed by atoms with Crippen molar-refractivity contribution < 1.29 is 14.3 Å². The predicted octanol–water partition coefficient (Wildman–Crippen LogP) is 2.02. The minimum absolute atomic E-state index is 0.122. The van der Waals surface area contributed by atoms with Crippen molar-refractivity contribution in [1.82, 2.24) is 9.55 Å². The Morgan fingerprint density at radius 1 is 1.22 bits per heavy atom. The van der Waals surface area contributed by atoms with Gasteiger partial charge in [-0.1, -0.05) is 0 Å². The van der Waals surface area contributed by atoms with Crippen LogP contribution >= 0.6 is 0 Å². The van der Waals surface area contributed by atoms with Crippen molar-refractivity contribution in [2.24, 2.45) is 0 Å². The largest absolute Gasteiger partial charge is 0.378 e. The van der Waals surface area contributed by atoms with Gasteiger partial charge < -0.3 is 24.6 Å². The molecule has 3 rings (SSSR count). The van der Waals surface area contributed by atoms with Crippen LogP contribution in [0.5, 0.6) is 0 Å². The van der Waals surface area contributed by atoms with Crippen molar-refractivity contribution in [1.29, 1.82) is 0 Å². The second-order valence-electron chi connectivity index (χ2n) is 7.72. The summed E-state index contributed by atoms with van der Waals surface area (Å²) < 4.78 is 12.0. The quantitative estimate of drug-likeness (QED) is 0.634. The number of methoxy groups -OCH3 is 1. The van der Waals surface area contributed by atoms with Crippen molar-refractivity contribution in [2.45, 2.75) is 33.9 Å². The number of nitrogens with one attached hydrogen (secondary N) is 1. The van der Waals surface area contributed by atoms with Crippen LogP contribution in [0, 0.1) is 6.92 Å². The molecule has 0 saturated carbocycles. The van der Waals surface area contributed by atoms with Crippen LogP contribution in [-0.2, 0) is 27.4 Å². The number of morpholine rings is 1. The van der Waals surface area contributed by atoms with Gasteiger partial charge in [0.2, 0.25) is 11.9 Å². The van der Waals surface area contributed by atoms with E-state index < -0.39 is 0 Å². The summed E-state index contributed by atoms with van der Waals surface area (Å²) in [6.45, 7) is 10.5. The first-order chi connectivity index (χ1) is 15.5.